The summed E-state index contributed by atoms with van der Waals surface area (Å²) in [7, 11) is 0. The van der Waals surface area contributed by atoms with Gasteiger partial charge in [-0.25, -0.2) is 4.79 Å². The van der Waals surface area contributed by atoms with Gasteiger partial charge in [-0.05, 0) is 58.5 Å². The summed E-state index contributed by atoms with van der Waals surface area (Å²) in [6.45, 7) is 0. The van der Waals surface area contributed by atoms with Crippen LogP contribution in [0.5, 0.6) is 0 Å². The highest BCUT2D eigenvalue weighted by Gasteiger charge is 2.13. The van der Waals surface area contributed by atoms with Crippen molar-refractivity contribution >= 4 is 51.8 Å². The van der Waals surface area contributed by atoms with E-state index in [1.807, 2.05) is 22.6 Å². The predicted octanol–water partition coefficient (Wildman–Crippen LogP) is 3.82. The van der Waals surface area contributed by atoms with E-state index in [0.717, 1.165) is 9.13 Å². The minimum atomic E-state index is -1.07. The van der Waals surface area contributed by atoms with E-state index in [-0.39, 0.29) is 17.9 Å². The topological polar surface area (TPSA) is 66.4 Å². The lowest BCUT2D eigenvalue weighted by atomic mass is 10.1. The van der Waals surface area contributed by atoms with Crippen molar-refractivity contribution in [2.75, 3.05) is 5.32 Å². The van der Waals surface area contributed by atoms with Gasteiger partial charge >= 0.3 is 5.97 Å². The van der Waals surface area contributed by atoms with Crippen LogP contribution in [0.25, 0.3) is 0 Å². The van der Waals surface area contributed by atoms with Crippen LogP contribution in [-0.4, -0.2) is 17.0 Å². The van der Waals surface area contributed by atoms with E-state index in [2.05, 4.69) is 5.32 Å². The molecular formula is C15H11ClINO3. The fraction of sp³-hybridized carbons (Fsp3) is 0.0667. The molecule has 0 aliphatic carbocycles. The first kappa shape index (κ1) is 15.8. The molecule has 2 aromatic carbocycles. The van der Waals surface area contributed by atoms with Gasteiger partial charge in [0.2, 0.25) is 5.91 Å². The number of carbonyl (C=O) groups is 2. The molecule has 0 heterocycles. The Morgan fingerprint density at radius 1 is 1.14 bits per heavy atom. The van der Waals surface area contributed by atoms with Crippen LogP contribution in [0.3, 0.4) is 0 Å². The van der Waals surface area contributed by atoms with Gasteiger partial charge in [-0.2, -0.15) is 0 Å². The summed E-state index contributed by atoms with van der Waals surface area (Å²) >= 11 is 7.80. The normalized spacial score (nSPS) is 10.2. The highest BCUT2D eigenvalue weighted by molar-refractivity contribution is 14.1. The van der Waals surface area contributed by atoms with Crippen molar-refractivity contribution in [2.24, 2.45) is 0 Å². The van der Waals surface area contributed by atoms with Crippen LogP contribution in [-0.2, 0) is 11.2 Å². The summed E-state index contributed by atoms with van der Waals surface area (Å²) in [5.41, 5.74) is 1.17. The Hall–Kier alpha value is -1.60. The third-order valence-corrected chi connectivity index (χ3v) is 3.69. The smallest absolute Gasteiger partial charge is 0.337 e. The Balaban J connectivity index is 2.12. The van der Waals surface area contributed by atoms with E-state index in [1.165, 1.54) is 6.07 Å². The standard InChI is InChI=1S/C15H11ClINO3/c16-10-3-1-9(2-4-10)7-14(19)18-13-6-5-11(17)8-12(13)15(20)21/h1-6,8H,7H2,(H,18,19)(H,20,21). The highest BCUT2D eigenvalue weighted by atomic mass is 127. The summed E-state index contributed by atoms with van der Waals surface area (Å²) in [6, 6.07) is 11.8. The maximum absolute atomic E-state index is 12.0. The van der Waals surface area contributed by atoms with E-state index in [9.17, 15) is 9.59 Å². The molecule has 0 radical (unpaired) electrons. The third kappa shape index (κ3) is 4.44. The molecule has 0 bridgehead atoms. The van der Waals surface area contributed by atoms with E-state index >= 15 is 0 Å². The second kappa shape index (κ2) is 6.91. The number of hydrogen-bond acceptors (Lipinski definition) is 2. The lowest BCUT2D eigenvalue weighted by Crippen LogP contribution is -2.16. The maximum Gasteiger partial charge on any atom is 0.337 e. The third-order valence-electron chi connectivity index (χ3n) is 2.76. The van der Waals surface area contributed by atoms with Crippen molar-refractivity contribution in [3.8, 4) is 0 Å². The van der Waals surface area contributed by atoms with Crippen molar-refractivity contribution in [3.63, 3.8) is 0 Å². The summed E-state index contributed by atoms with van der Waals surface area (Å²) in [6.07, 6.45) is 0.155. The van der Waals surface area contributed by atoms with E-state index in [0.29, 0.717) is 10.7 Å². The first-order valence-corrected chi connectivity index (χ1v) is 7.48. The molecule has 0 atom stereocenters. The molecule has 108 valence electrons. The summed E-state index contributed by atoms with van der Waals surface area (Å²) in [4.78, 5) is 23.2. The van der Waals surface area contributed by atoms with E-state index < -0.39 is 5.97 Å². The van der Waals surface area contributed by atoms with Gasteiger partial charge in [-0.3, -0.25) is 4.79 Å². The Bertz CT molecular complexity index is 686. The van der Waals surface area contributed by atoms with Gasteiger partial charge in [0, 0.05) is 8.59 Å². The molecule has 4 nitrogen and oxygen atoms in total. The number of carboxylic acid groups (broad SMARTS) is 1. The van der Waals surface area contributed by atoms with Gasteiger partial charge in [0.25, 0.3) is 0 Å². The minimum absolute atomic E-state index is 0.0753. The molecule has 0 fully saturated rings. The average molecular weight is 416 g/mol. The Kier molecular flexibility index (Phi) is 5.19. The molecular weight excluding hydrogens is 405 g/mol. The molecule has 0 saturated carbocycles. The van der Waals surface area contributed by atoms with E-state index in [4.69, 9.17) is 16.7 Å². The maximum atomic E-state index is 12.0. The number of halogens is 2. The number of rotatable bonds is 4. The zero-order valence-corrected chi connectivity index (χ0v) is 13.7. The van der Waals surface area contributed by atoms with Crippen LogP contribution in [0.1, 0.15) is 15.9 Å². The average Bonchev–Trinajstić information content (AvgIpc) is 2.43. The molecule has 2 N–H and O–H groups in total. The Labute approximate surface area is 140 Å². The van der Waals surface area contributed by atoms with Crippen molar-refractivity contribution < 1.29 is 14.7 Å². The summed E-state index contributed by atoms with van der Waals surface area (Å²) in [5, 5.41) is 12.4. The lowest BCUT2D eigenvalue weighted by Gasteiger charge is -2.09. The number of amides is 1. The zero-order valence-electron chi connectivity index (χ0n) is 10.8. The monoisotopic (exact) mass is 415 g/mol. The number of aromatic carboxylic acids is 1. The second-order valence-electron chi connectivity index (χ2n) is 4.35. The first-order valence-electron chi connectivity index (χ1n) is 6.03. The van der Waals surface area contributed by atoms with Crippen molar-refractivity contribution in [2.45, 2.75) is 6.42 Å². The molecule has 0 spiro atoms. The summed E-state index contributed by atoms with van der Waals surface area (Å²) in [5.74, 6) is -1.35. The summed E-state index contributed by atoms with van der Waals surface area (Å²) < 4.78 is 0.792. The van der Waals surface area contributed by atoms with Gasteiger partial charge in [0.1, 0.15) is 0 Å². The number of benzene rings is 2. The van der Waals surface area contributed by atoms with Crippen LogP contribution >= 0.6 is 34.2 Å². The van der Waals surface area contributed by atoms with Crippen molar-refractivity contribution in [1.29, 1.82) is 0 Å². The largest absolute Gasteiger partial charge is 0.478 e. The highest BCUT2D eigenvalue weighted by Crippen LogP contribution is 2.19. The van der Waals surface area contributed by atoms with Gasteiger partial charge in [0.15, 0.2) is 0 Å². The molecule has 21 heavy (non-hydrogen) atoms. The van der Waals surface area contributed by atoms with Gasteiger partial charge in [0.05, 0.1) is 17.7 Å². The molecule has 2 rings (SSSR count). The molecule has 0 unspecified atom stereocenters. The fourth-order valence-electron chi connectivity index (χ4n) is 1.78. The molecule has 2 aromatic rings. The quantitative estimate of drug-likeness (QED) is 0.746. The molecule has 0 aliphatic heterocycles. The minimum Gasteiger partial charge on any atom is -0.478 e. The van der Waals surface area contributed by atoms with Crippen LogP contribution < -0.4 is 5.32 Å². The predicted molar refractivity (Wildman–Crippen MR) is 89.9 cm³/mol. The molecule has 0 aliphatic rings. The van der Waals surface area contributed by atoms with E-state index in [1.54, 1.807) is 36.4 Å². The van der Waals surface area contributed by atoms with Crippen molar-refractivity contribution in [3.05, 3.63) is 62.2 Å². The first-order chi connectivity index (χ1) is 9.95. The SMILES string of the molecule is O=C(Cc1ccc(Cl)cc1)Nc1ccc(I)cc1C(=O)O. The molecule has 0 saturated heterocycles. The molecule has 0 aromatic heterocycles. The van der Waals surface area contributed by atoms with Crippen LogP contribution in [0.15, 0.2) is 42.5 Å². The van der Waals surface area contributed by atoms with Gasteiger partial charge in [-0.15, -0.1) is 0 Å². The Morgan fingerprint density at radius 3 is 2.43 bits per heavy atom. The van der Waals surface area contributed by atoms with Crippen LogP contribution in [0.2, 0.25) is 5.02 Å². The number of anilines is 1. The number of carboxylic acids is 1. The number of hydrogen-bond donors (Lipinski definition) is 2. The number of carbonyl (C=O) groups excluding carboxylic acids is 1. The molecule has 1 amide bonds. The van der Waals surface area contributed by atoms with Crippen molar-refractivity contribution in [1.82, 2.24) is 0 Å². The Morgan fingerprint density at radius 2 is 1.81 bits per heavy atom. The van der Waals surface area contributed by atoms with Gasteiger partial charge < -0.3 is 10.4 Å². The lowest BCUT2D eigenvalue weighted by molar-refractivity contribution is -0.115. The van der Waals surface area contributed by atoms with Crippen LogP contribution in [0, 0.1) is 3.57 Å². The number of nitrogens with one attached hydrogen (secondary N) is 1. The van der Waals surface area contributed by atoms with Gasteiger partial charge in [-0.1, -0.05) is 23.7 Å². The fourth-order valence-corrected chi connectivity index (χ4v) is 2.40. The molecule has 6 heteroatoms. The second-order valence-corrected chi connectivity index (χ2v) is 6.03. The van der Waals surface area contributed by atoms with Crippen LogP contribution in [0.4, 0.5) is 5.69 Å². The zero-order chi connectivity index (χ0) is 15.4.